The van der Waals surface area contributed by atoms with Gasteiger partial charge in [0.15, 0.2) is 0 Å². The molecule has 2 heterocycles. The molecular formula is C25H24N4O2. The van der Waals surface area contributed by atoms with Crippen LogP contribution >= 0.6 is 0 Å². The summed E-state index contributed by atoms with van der Waals surface area (Å²) in [6.45, 7) is 6.19. The fraction of sp³-hybridized carbons (Fsp3) is 0.200. The summed E-state index contributed by atoms with van der Waals surface area (Å²) in [5, 5.41) is 16.5. The van der Waals surface area contributed by atoms with Crippen molar-refractivity contribution in [3.05, 3.63) is 82.7 Å². The van der Waals surface area contributed by atoms with E-state index in [1.807, 2.05) is 56.3 Å². The SMILES string of the molecule is CCOC(=O)c1ccc(-n2c(C)cc(/C=C(\C#N)C3Nc4ccccc4N3)c2C)cc1. The molecule has 0 radical (unpaired) electrons. The number of hydrogen-bond donors (Lipinski definition) is 2. The Hall–Kier alpha value is -3.98. The number of benzene rings is 2. The molecule has 0 bridgehead atoms. The zero-order valence-corrected chi connectivity index (χ0v) is 17.8. The number of anilines is 2. The zero-order chi connectivity index (χ0) is 22.0. The third kappa shape index (κ3) is 3.90. The summed E-state index contributed by atoms with van der Waals surface area (Å²) in [6, 6.07) is 19.7. The first kappa shape index (κ1) is 20.3. The van der Waals surface area contributed by atoms with Crippen molar-refractivity contribution in [3.8, 4) is 11.8 Å². The van der Waals surface area contributed by atoms with Crippen molar-refractivity contribution in [1.82, 2.24) is 4.57 Å². The number of carbonyl (C=O) groups is 1. The van der Waals surface area contributed by atoms with Gasteiger partial charge in [-0.3, -0.25) is 0 Å². The summed E-state index contributed by atoms with van der Waals surface area (Å²) in [6.07, 6.45) is 1.65. The number of fused-ring (bicyclic) bond motifs is 1. The van der Waals surface area contributed by atoms with E-state index in [2.05, 4.69) is 27.3 Å². The van der Waals surface area contributed by atoms with Gasteiger partial charge in [-0.1, -0.05) is 12.1 Å². The van der Waals surface area contributed by atoms with E-state index in [0.29, 0.717) is 17.7 Å². The Kier molecular flexibility index (Phi) is 5.50. The van der Waals surface area contributed by atoms with Gasteiger partial charge < -0.3 is 19.9 Å². The van der Waals surface area contributed by atoms with Crippen LogP contribution in [0.25, 0.3) is 11.8 Å². The Balaban J connectivity index is 1.62. The van der Waals surface area contributed by atoms with Crippen LogP contribution in [0.2, 0.25) is 0 Å². The van der Waals surface area contributed by atoms with E-state index in [9.17, 15) is 10.1 Å². The van der Waals surface area contributed by atoms with Crippen LogP contribution in [0.5, 0.6) is 0 Å². The van der Waals surface area contributed by atoms with Crippen molar-refractivity contribution in [1.29, 1.82) is 5.26 Å². The van der Waals surface area contributed by atoms with E-state index in [0.717, 1.165) is 34.0 Å². The third-order valence-corrected chi connectivity index (χ3v) is 5.38. The molecule has 1 aliphatic heterocycles. The quantitative estimate of drug-likeness (QED) is 0.453. The van der Waals surface area contributed by atoms with Crippen molar-refractivity contribution >= 4 is 23.4 Å². The minimum absolute atomic E-state index is 0.269. The van der Waals surface area contributed by atoms with Gasteiger partial charge in [0.1, 0.15) is 6.17 Å². The maximum Gasteiger partial charge on any atom is 0.338 e. The Bertz CT molecular complexity index is 1170. The first-order valence-corrected chi connectivity index (χ1v) is 10.2. The smallest absolute Gasteiger partial charge is 0.338 e. The minimum atomic E-state index is -0.324. The lowest BCUT2D eigenvalue weighted by Crippen LogP contribution is -2.23. The molecule has 0 atom stereocenters. The molecule has 31 heavy (non-hydrogen) atoms. The fourth-order valence-corrected chi connectivity index (χ4v) is 3.88. The fourth-order valence-electron chi connectivity index (χ4n) is 3.88. The number of para-hydroxylation sites is 2. The standard InChI is InChI=1S/C25H24N4O2/c1-4-31-25(30)18-9-11-21(12-10-18)29-16(2)13-19(17(29)3)14-20(15-26)24-27-22-7-5-6-8-23(22)28-24/h5-14,24,27-28H,4H2,1-3H3/b20-14+. The van der Waals surface area contributed by atoms with E-state index >= 15 is 0 Å². The lowest BCUT2D eigenvalue weighted by molar-refractivity contribution is 0.0526. The van der Waals surface area contributed by atoms with E-state index < -0.39 is 0 Å². The topological polar surface area (TPSA) is 79.1 Å². The lowest BCUT2D eigenvalue weighted by atomic mass is 10.1. The first-order valence-electron chi connectivity index (χ1n) is 10.2. The molecule has 4 rings (SSSR count). The third-order valence-electron chi connectivity index (χ3n) is 5.38. The highest BCUT2D eigenvalue weighted by Gasteiger charge is 2.23. The van der Waals surface area contributed by atoms with Gasteiger partial charge in [0.25, 0.3) is 0 Å². The normalized spacial score (nSPS) is 13.2. The second-order valence-corrected chi connectivity index (χ2v) is 7.41. The molecule has 0 saturated carbocycles. The van der Waals surface area contributed by atoms with Crippen LogP contribution in [-0.2, 0) is 4.74 Å². The summed E-state index contributed by atoms with van der Waals surface area (Å²) in [5.74, 6) is -0.324. The van der Waals surface area contributed by atoms with Gasteiger partial charge in [0, 0.05) is 17.1 Å². The number of aromatic nitrogens is 1. The summed E-state index contributed by atoms with van der Waals surface area (Å²) >= 11 is 0. The number of nitrogens with zero attached hydrogens (tertiary/aromatic N) is 2. The van der Waals surface area contributed by atoms with Crippen molar-refractivity contribution < 1.29 is 9.53 Å². The number of esters is 1. The van der Waals surface area contributed by atoms with Gasteiger partial charge in [0.05, 0.1) is 35.2 Å². The van der Waals surface area contributed by atoms with Crippen molar-refractivity contribution in [2.45, 2.75) is 26.9 Å². The highest BCUT2D eigenvalue weighted by molar-refractivity contribution is 5.89. The van der Waals surface area contributed by atoms with Crippen LogP contribution in [0.3, 0.4) is 0 Å². The number of hydrogen-bond acceptors (Lipinski definition) is 5. The average molecular weight is 412 g/mol. The molecule has 2 aromatic carbocycles. The van der Waals surface area contributed by atoms with E-state index in [1.54, 1.807) is 19.1 Å². The Morgan fingerprint density at radius 1 is 1.13 bits per heavy atom. The molecule has 0 amide bonds. The number of nitriles is 1. The summed E-state index contributed by atoms with van der Waals surface area (Å²) in [4.78, 5) is 11.9. The largest absolute Gasteiger partial charge is 0.462 e. The van der Waals surface area contributed by atoms with Crippen LogP contribution in [-0.4, -0.2) is 23.3 Å². The zero-order valence-electron chi connectivity index (χ0n) is 17.8. The predicted molar refractivity (Wildman–Crippen MR) is 122 cm³/mol. The second kappa shape index (κ2) is 8.41. The number of rotatable bonds is 5. The molecule has 2 N–H and O–H groups in total. The van der Waals surface area contributed by atoms with Crippen molar-refractivity contribution in [2.75, 3.05) is 17.2 Å². The molecular weight excluding hydrogens is 388 g/mol. The van der Waals surface area contributed by atoms with Gasteiger partial charge >= 0.3 is 5.97 Å². The molecule has 6 nitrogen and oxygen atoms in total. The molecule has 0 fully saturated rings. The monoisotopic (exact) mass is 412 g/mol. The van der Waals surface area contributed by atoms with Gasteiger partial charge in [-0.25, -0.2) is 4.79 Å². The van der Waals surface area contributed by atoms with E-state index in [4.69, 9.17) is 4.74 Å². The number of ether oxygens (including phenoxy) is 1. The molecule has 156 valence electrons. The molecule has 0 aliphatic carbocycles. The second-order valence-electron chi connectivity index (χ2n) is 7.41. The summed E-state index contributed by atoms with van der Waals surface area (Å²) < 4.78 is 7.17. The van der Waals surface area contributed by atoms with E-state index in [-0.39, 0.29) is 12.1 Å². The maximum atomic E-state index is 11.9. The molecule has 0 unspecified atom stereocenters. The van der Waals surface area contributed by atoms with Gasteiger partial charge in [0.2, 0.25) is 0 Å². The molecule has 1 aliphatic rings. The molecule has 3 aromatic rings. The molecule has 6 heteroatoms. The maximum absolute atomic E-state index is 11.9. The van der Waals surface area contributed by atoms with Crippen LogP contribution < -0.4 is 10.6 Å². The summed E-state index contributed by atoms with van der Waals surface area (Å²) in [5.41, 5.74) is 7.09. The molecule has 1 aromatic heterocycles. The number of aryl methyl sites for hydroxylation is 1. The van der Waals surface area contributed by atoms with Gasteiger partial charge in [-0.2, -0.15) is 5.26 Å². The van der Waals surface area contributed by atoms with E-state index in [1.165, 1.54) is 0 Å². The van der Waals surface area contributed by atoms with Crippen molar-refractivity contribution in [2.24, 2.45) is 0 Å². The Morgan fingerprint density at radius 2 is 1.77 bits per heavy atom. The van der Waals surface area contributed by atoms with Gasteiger partial charge in [-0.05, 0) is 74.9 Å². The van der Waals surface area contributed by atoms with Crippen LogP contribution in [0, 0.1) is 25.2 Å². The Labute approximate surface area is 181 Å². The number of nitrogens with one attached hydrogen (secondary N) is 2. The first-order chi connectivity index (χ1) is 15.0. The highest BCUT2D eigenvalue weighted by atomic mass is 16.5. The van der Waals surface area contributed by atoms with Crippen LogP contribution in [0.4, 0.5) is 11.4 Å². The molecule has 0 saturated heterocycles. The predicted octanol–water partition coefficient (Wildman–Crippen LogP) is 5.04. The van der Waals surface area contributed by atoms with Crippen LogP contribution in [0.15, 0.2) is 60.2 Å². The number of carbonyl (C=O) groups excluding carboxylic acids is 1. The molecule has 0 spiro atoms. The summed E-state index contributed by atoms with van der Waals surface area (Å²) in [7, 11) is 0. The van der Waals surface area contributed by atoms with Crippen LogP contribution in [0.1, 0.15) is 34.2 Å². The minimum Gasteiger partial charge on any atom is -0.462 e. The van der Waals surface area contributed by atoms with Crippen molar-refractivity contribution in [3.63, 3.8) is 0 Å². The lowest BCUT2D eigenvalue weighted by Gasteiger charge is -2.12. The Morgan fingerprint density at radius 3 is 2.35 bits per heavy atom. The highest BCUT2D eigenvalue weighted by Crippen LogP contribution is 2.31. The van der Waals surface area contributed by atoms with Gasteiger partial charge in [-0.15, -0.1) is 0 Å². The average Bonchev–Trinajstić information content (AvgIpc) is 3.32.